The van der Waals surface area contributed by atoms with Crippen molar-refractivity contribution in [2.75, 3.05) is 26.2 Å². The molecule has 0 aliphatic carbocycles. The predicted molar refractivity (Wildman–Crippen MR) is 81.4 cm³/mol. The number of amides is 2. The van der Waals surface area contributed by atoms with Gasteiger partial charge in [0.05, 0.1) is 0 Å². The minimum absolute atomic E-state index is 0.0103. The van der Waals surface area contributed by atoms with Gasteiger partial charge in [-0.1, -0.05) is 33.6 Å². The lowest BCUT2D eigenvalue weighted by molar-refractivity contribution is -0.139. The fourth-order valence-electron chi connectivity index (χ4n) is 2.63. The lowest BCUT2D eigenvalue weighted by atomic mass is 10.1. The van der Waals surface area contributed by atoms with Crippen molar-refractivity contribution in [2.24, 2.45) is 5.92 Å². The van der Waals surface area contributed by atoms with Crippen molar-refractivity contribution in [3.05, 3.63) is 0 Å². The summed E-state index contributed by atoms with van der Waals surface area (Å²) in [4.78, 5) is 27.5. The summed E-state index contributed by atoms with van der Waals surface area (Å²) in [7, 11) is 0. The topological polar surface area (TPSA) is 40.6 Å². The van der Waals surface area contributed by atoms with Crippen molar-refractivity contribution in [1.29, 1.82) is 0 Å². The molecule has 1 heterocycles. The summed E-state index contributed by atoms with van der Waals surface area (Å²) in [6.45, 7) is 10.1. The monoisotopic (exact) mass is 282 g/mol. The smallest absolute Gasteiger partial charge is 0.232 e. The van der Waals surface area contributed by atoms with Crippen molar-refractivity contribution in [3.8, 4) is 0 Å². The quantitative estimate of drug-likeness (QED) is 0.578. The first-order chi connectivity index (χ1) is 9.60. The Hall–Kier alpha value is -0.900. The molecule has 1 atom stereocenters. The molecule has 0 aromatic heterocycles. The molecule has 1 unspecified atom stereocenters. The zero-order valence-corrected chi connectivity index (χ0v) is 13.4. The van der Waals surface area contributed by atoms with E-state index >= 15 is 0 Å². The summed E-state index contributed by atoms with van der Waals surface area (Å²) in [5.41, 5.74) is 0. The molecule has 20 heavy (non-hydrogen) atoms. The van der Waals surface area contributed by atoms with Gasteiger partial charge in [0.25, 0.3) is 0 Å². The molecule has 0 aromatic rings. The lowest BCUT2D eigenvalue weighted by Gasteiger charge is -2.23. The third kappa shape index (κ3) is 5.23. The fraction of sp³-hybridized carbons (Fsp3) is 0.875. The van der Waals surface area contributed by atoms with Gasteiger partial charge < -0.3 is 4.90 Å². The van der Waals surface area contributed by atoms with Crippen molar-refractivity contribution in [1.82, 2.24) is 9.80 Å². The highest BCUT2D eigenvalue weighted by Gasteiger charge is 2.34. The van der Waals surface area contributed by atoms with E-state index in [1.807, 2.05) is 6.92 Å². The van der Waals surface area contributed by atoms with E-state index in [-0.39, 0.29) is 17.7 Å². The summed E-state index contributed by atoms with van der Waals surface area (Å²) in [6.07, 6.45) is 6.17. The van der Waals surface area contributed by atoms with Gasteiger partial charge in [-0.15, -0.1) is 0 Å². The van der Waals surface area contributed by atoms with Crippen LogP contribution >= 0.6 is 0 Å². The number of carbonyl (C=O) groups is 2. The first kappa shape index (κ1) is 17.2. The molecule has 4 nitrogen and oxygen atoms in total. The molecule has 0 radical (unpaired) electrons. The van der Waals surface area contributed by atoms with Gasteiger partial charge in [0.15, 0.2) is 0 Å². The van der Waals surface area contributed by atoms with Gasteiger partial charge in [-0.05, 0) is 38.9 Å². The van der Waals surface area contributed by atoms with Crippen LogP contribution in [-0.2, 0) is 9.59 Å². The molecule has 0 N–H and O–H groups in total. The van der Waals surface area contributed by atoms with Gasteiger partial charge in [-0.3, -0.25) is 14.5 Å². The Kier molecular flexibility index (Phi) is 7.82. The van der Waals surface area contributed by atoms with Crippen molar-refractivity contribution < 1.29 is 9.59 Å². The second-order valence-corrected chi connectivity index (χ2v) is 5.89. The summed E-state index contributed by atoms with van der Waals surface area (Å²) in [5, 5.41) is 0. The van der Waals surface area contributed by atoms with Gasteiger partial charge >= 0.3 is 0 Å². The van der Waals surface area contributed by atoms with Crippen LogP contribution in [-0.4, -0.2) is 47.8 Å². The van der Waals surface area contributed by atoms with E-state index in [0.29, 0.717) is 13.0 Å². The number of imide groups is 1. The van der Waals surface area contributed by atoms with Crippen LogP contribution in [0.1, 0.15) is 59.3 Å². The van der Waals surface area contributed by atoms with E-state index in [1.165, 1.54) is 30.6 Å². The largest absolute Gasteiger partial charge is 0.303 e. The minimum atomic E-state index is -0.112. The summed E-state index contributed by atoms with van der Waals surface area (Å²) in [6, 6.07) is 0. The molecule has 1 aliphatic heterocycles. The highest BCUT2D eigenvalue weighted by molar-refractivity contribution is 6.03. The minimum Gasteiger partial charge on any atom is -0.303 e. The summed E-state index contributed by atoms with van der Waals surface area (Å²) in [5.74, 6) is -0.0846. The van der Waals surface area contributed by atoms with Gasteiger partial charge in [0, 0.05) is 18.9 Å². The third-order valence-corrected chi connectivity index (χ3v) is 3.98. The van der Waals surface area contributed by atoms with E-state index in [2.05, 4.69) is 18.7 Å². The molecule has 1 rings (SSSR count). The maximum absolute atomic E-state index is 11.8. The van der Waals surface area contributed by atoms with Crippen LogP contribution in [0.4, 0.5) is 0 Å². The number of unbranched alkanes of at least 4 members (excludes halogenated alkanes) is 2. The third-order valence-electron chi connectivity index (χ3n) is 3.98. The number of nitrogens with zero attached hydrogens (tertiary/aromatic N) is 2. The Bertz CT molecular complexity index is 310. The number of likely N-dealkylation sites (tertiary alicyclic amines) is 1. The molecule has 116 valence electrons. The second-order valence-electron chi connectivity index (χ2n) is 5.89. The lowest BCUT2D eigenvalue weighted by Crippen LogP contribution is -2.34. The maximum Gasteiger partial charge on any atom is 0.232 e. The van der Waals surface area contributed by atoms with E-state index in [9.17, 15) is 9.59 Å². The molecule has 0 saturated carbocycles. The number of carbonyl (C=O) groups excluding carboxylic acids is 2. The van der Waals surface area contributed by atoms with Crippen LogP contribution in [0, 0.1) is 5.92 Å². The molecule has 1 aliphatic rings. The van der Waals surface area contributed by atoms with Crippen LogP contribution in [0.2, 0.25) is 0 Å². The molecule has 1 saturated heterocycles. The highest BCUT2D eigenvalue weighted by atomic mass is 16.2. The standard InChI is InChI=1S/C16H30N2O2/c1-4-6-9-17(10-7-5-2)11-8-12-18-15(19)13-14(3)16(18)20/h14H,4-13H2,1-3H3. The molecule has 0 aromatic carbocycles. The number of hydrogen-bond donors (Lipinski definition) is 0. The molecular weight excluding hydrogens is 252 g/mol. The van der Waals surface area contributed by atoms with Crippen LogP contribution in [0.25, 0.3) is 0 Å². The Morgan fingerprint density at radius 1 is 1.05 bits per heavy atom. The molecule has 0 spiro atoms. The van der Waals surface area contributed by atoms with Gasteiger partial charge in [0.2, 0.25) is 11.8 Å². The Morgan fingerprint density at radius 2 is 1.60 bits per heavy atom. The zero-order chi connectivity index (χ0) is 15.0. The molecule has 2 amide bonds. The van der Waals surface area contributed by atoms with E-state index < -0.39 is 0 Å². The molecule has 0 bridgehead atoms. The van der Waals surface area contributed by atoms with Gasteiger partial charge in [-0.25, -0.2) is 0 Å². The Morgan fingerprint density at radius 3 is 2.05 bits per heavy atom. The number of hydrogen-bond acceptors (Lipinski definition) is 3. The highest BCUT2D eigenvalue weighted by Crippen LogP contribution is 2.18. The van der Waals surface area contributed by atoms with E-state index in [1.54, 1.807) is 0 Å². The van der Waals surface area contributed by atoms with Crippen molar-refractivity contribution in [3.63, 3.8) is 0 Å². The number of rotatable bonds is 10. The Labute approximate surface area is 123 Å². The second kappa shape index (κ2) is 9.11. The molecule has 1 fully saturated rings. The van der Waals surface area contributed by atoms with Gasteiger partial charge in [-0.2, -0.15) is 0 Å². The Balaban J connectivity index is 2.31. The zero-order valence-electron chi connectivity index (χ0n) is 13.4. The fourth-order valence-corrected chi connectivity index (χ4v) is 2.63. The average molecular weight is 282 g/mol. The van der Waals surface area contributed by atoms with Crippen LogP contribution in [0.5, 0.6) is 0 Å². The van der Waals surface area contributed by atoms with Gasteiger partial charge in [0.1, 0.15) is 0 Å². The SMILES string of the molecule is CCCCN(CCCC)CCCN1C(=O)CC(C)C1=O. The molecule has 4 heteroatoms. The predicted octanol–water partition coefficient (Wildman–Crippen LogP) is 2.67. The van der Waals surface area contributed by atoms with Crippen molar-refractivity contribution >= 4 is 11.8 Å². The summed E-state index contributed by atoms with van der Waals surface area (Å²) >= 11 is 0. The van der Waals surface area contributed by atoms with E-state index in [0.717, 1.165) is 26.1 Å². The molecular formula is C16H30N2O2. The summed E-state index contributed by atoms with van der Waals surface area (Å²) < 4.78 is 0. The first-order valence-electron chi connectivity index (χ1n) is 8.16. The van der Waals surface area contributed by atoms with Crippen molar-refractivity contribution in [2.45, 2.75) is 59.3 Å². The van der Waals surface area contributed by atoms with E-state index in [4.69, 9.17) is 0 Å². The average Bonchev–Trinajstić information content (AvgIpc) is 2.67. The van der Waals surface area contributed by atoms with Crippen LogP contribution in [0.3, 0.4) is 0 Å². The maximum atomic E-state index is 11.8. The normalized spacial score (nSPS) is 19.4. The van der Waals surface area contributed by atoms with Crippen LogP contribution < -0.4 is 0 Å². The first-order valence-corrected chi connectivity index (χ1v) is 8.16. The van der Waals surface area contributed by atoms with Crippen LogP contribution in [0.15, 0.2) is 0 Å².